The summed E-state index contributed by atoms with van der Waals surface area (Å²) in [6.45, 7) is 3.81. The number of halogens is 1. The lowest BCUT2D eigenvalue weighted by Crippen LogP contribution is -2.11. The Labute approximate surface area is 117 Å². The molecule has 6 heteroatoms. The van der Waals surface area contributed by atoms with Crippen LogP contribution in [0, 0.1) is 12.7 Å². The Bertz CT molecular complexity index is 604. The predicted octanol–water partition coefficient (Wildman–Crippen LogP) is 2.95. The lowest BCUT2D eigenvalue weighted by Gasteiger charge is -2.10. The highest BCUT2D eigenvalue weighted by molar-refractivity contribution is 5.41. The summed E-state index contributed by atoms with van der Waals surface area (Å²) in [6.07, 6.45) is 1.65. The van der Waals surface area contributed by atoms with Gasteiger partial charge in [-0.15, -0.1) is 0 Å². The summed E-state index contributed by atoms with van der Waals surface area (Å²) < 4.78 is 18.7. The van der Waals surface area contributed by atoms with Gasteiger partial charge in [-0.05, 0) is 37.1 Å². The monoisotopic (exact) mass is 276 g/mol. The summed E-state index contributed by atoms with van der Waals surface area (Å²) >= 11 is 0. The molecule has 0 saturated heterocycles. The smallest absolute Gasteiger partial charge is 0.224 e. The summed E-state index contributed by atoms with van der Waals surface area (Å²) in [5, 5.41) is 0. The normalized spacial score (nSPS) is 10.4. The number of nitrogens with one attached hydrogen (secondary N) is 1. The SMILES string of the molecule is CCCc1nc(NN)cc(Oc2ccc(F)cc2C)n1. The van der Waals surface area contributed by atoms with E-state index in [1.54, 1.807) is 19.1 Å². The van der Waals surface area contributed by atoms with Gasteiger partial charge in [0.25, 0.3) is 0 Å². The molecule has 0 fully saturated rings. The van der Waals surface area contributed by atoms with Crippen LogP contribution < -0.4 is 16.0 Å². The zero-order valence-corrected chi connectivity index (χ0v) is 11.5. The highest BCUT2D eigenvalue weighted by Crippen LogP contribution is 2.25. The van der Waals surface area contributed by atoms with E-state index in [1.807, 2.05) is 6.92 Å². The maximum Gasteiger partial charge on any atom is 0.224 e. The average molecular weight is 276 g/mol. The highest BCUT2D eigenvalue weighted by atomic mass is 19.1. The molecule has 3 N–H and O–H groups in total. The Morgan fingerprint density at radius 1 is 1.30 bits per heavy atom. The molecular formula is C14H17FN4O. The fourth-order valence-corrected chi connectivity index (χ4v) is 1.77. The number of ether oxygens (including phenoxy) is 1. The van der Waals surface area contributed by atoms with Crippen LogP contribution in [0.1, 0.15) is 24.7 Å². The number of nitrogen functional groups attached to an aromatic ring is 1. The van der Waals surface area contributed by atoms with Crippen LogP contribution >= 0.6 is 0 Å². The molecule has 2 aromatic rings. The first-order valence-corrected chi connectivity index (χ1v) is 6.41. The molecule has 0 atom stereocenters. The molecule has 0 radical (unpaired) electrons. The van der Waals surface area contributed by atoms with E-state index in [1.165, 1.54) is 12.1 Å². The molecule has 20 heavy (non-hydrogen) atoms. The van der Waals surface area contributed by atoms with Crippen LogP contribution in [0.2, 0.25) is 0 Å². The Balaban J connectivity index is 2.29. The molecule has 1 aromatic heterocycles. The van der Waals surface area contributed by atoms with Crippen molar-refractivity contribution < 1.29 is 9.13 Å². The summed E-state index contributed by atoms with van der Waals surface area (Å²) in [4.78, 5) is 8.54. The van der Waals surface area contributed by atoms with Crippen LogP contribution in [0.3, 0.4) is 0 Å². The van der Waals surface area contributed by atoms with Gasteiger partial charge in [-0.3, -0.25) is 0 Å². The van der Waals surface area contributed by atoms with Crippen LogP contribution in [0.4, 0.5) is 10.2 Å². The number of aromatic nitrogens is 2. The van der Waals surface area contributed by atoms with E-state index in [9.17, 15) is 4.39 Å². The molecule has 0 spiro atoms. The fraction of sp³-hybridized carbons (Fsp3) is 0.286. The number of hydrogen-bond acceptors (Lipinski definition) is 5. The first kappa shape index (κ1) is 14.2. The molecule has 2 rings (SSSR count). The first-order chi connectivity index (χ1) is 9.62. The molecule has 0 aliphatic heterocycles. The minimum absolute atomic E-state index is 0.298. The van der Waals surface area contributed by atoms with Gasteiger partial charge in [0.1, 0.15) is 23.2 Å². The number of hydrogen-bond donors (Lipinski definition) is 2. The minimum Gasteiger partial charge on any atom is -0.439 e. The predicted molar refractivity (Wildman–Crippen MR) is 75.0 cm³/mol. The Morgan fingerprint density at radius 2 is 2.10 bits per heavy atom. The number of hydrazine groups is 1. The van der Waals surface area contributed by atoms with Crippen molar-refractivity contribution in [2.24, 2.45) is 5.84 Å². The number of nitrogens with two attached hydrogens (primary N) is 1. The number of rotatable bonds is 5. The highest BCUT2D eigenvalue weighted by Gasteiger charge is 2.08. The van der Waals surface area contributed by atoms with Crippen LogP contribution in [-0.4, -0.2) is 9.97 Å². The number of benzene rings is 1. The molecule has 5 nitrogen and oxygen atoms in total. The second-order valence-corrected chi connectivity index (χ2v) is 4.41. The van der Waals surface area contributed by atoms with Gasteiger partial charge in [-0.25, -0.2) is 15.2 Å². The lowest BCUT2D eigenvalue weighted by molar-refractivity contribution is 0.453. The largest absolute Gasteiger partial charge is 0.439 e. The van der Waals surface area contributed by atoms with Crippen LogP contribution in [0.15, 0.2) is 24.3 Å². The topological polar surface area (TPSA) is 73.1 Å². The lowest BCUT2D eigenvalue weighted by atomic mass is 10.2. The summed E-state index contributed by atoms with van der Waals surface area (Å²) in [6, 6.07) is 5.92. The van der Waals surface area contributed by atoms with E-state index in [-0.39, 0.29) is 5.82 Å². The molecular weight excluding hydrogens is 259 g/mol. The molecule has 0 amide bonds. The third-order valence-corrected chi connectivity index (χ3v) is 2.72. The Kier molecular flexibility index (Phi) is 4.47. The zero-order valence-electron chi connectivity index (χ0n) is 11.5. The van der Waals surface area contributed by atoms with Crippen molar-refractivity contribution in [1.29, 1.82) is 0 Å². The van der Waals surface area contributed by atoms with E-state index >= 15 is 0 Å². The third kappa shape index (κ3) is 3.42. The van der Waals surface area contributed by atoms with Gasteiger partial charge in [0.15, 0.2) is 0 Å². The average Bonchev–Trinajstić information content (AvgIpc) is 2.42. The van der Waals surface area contributed by atoms with Gasteiger partial charge in [0, 0.05) is 12.5 Å². The molecule has 0 aliphatic rings. The first-order valence-electron chi connectivity index (χ1n) is 6.41. The van der Waals surface area contributed by atoms with Crippen LogP contribution in [0.5, 0.6) is 11.6 Å². The third-order valence-electron chi connectivity index (χ3n) is 2.72. The van der Waals surface area contributed by atoms with Gasteiger partial charge >= 0.3 is 0 Å². The molecule has 0 unspecified atom stereocenters. The van der Waals surface area contributed by atoms with Crippen LogP contribution in [0.25, 0.3) is 0 Å². The van der Waals surface area contributed by atoms with Crippen molar-refractivity contribution in [3.05, 3.63) is 41.5 Å². The van der Waals surface area contributed by atoms with Gasteiger partial charge in [-0.1, -0.05) is 6.92 Å². The standard InChI is InChI=1S/C14H17FN4O/c1-3-4-12-17-13(19-16)8-14(18-12)20-11-6-5-10(15)7-9(11)2/h5-8H,3-4,16H2,1-2H3,(H,17,18,19). The summed E-state index contributed by atoms with van der Waals surface area (Å²) in [7, 11) is 0. The number of nitrogens with zero attached hydrogens (tertiary/aromatic N) is 2. The zero-order chi connectivity index (χ0) is 14.5. The van der Waals surface area contributed by atoms with Crippen molar-refractivity contribution in [2.75, 3.05) is 5.43 Å². The van der Waals surface area contributed by atoms with Gasteiger partial charge < -0.3 is 10.2 Å². The molecule has 0 saturated carbocycles. The summed E-state index contributed by atoms with van der Waals surface area (Å²) in [5.41, 5.74) is 3.18. The van der Waals surface area contributed by atoms with E-state index < -0.39 is 0 Å². The second-order valence-electron chi connectivity index (χ2n) is 4.41. The van der Waals surface area contributed by atoms with E-state index in [4.69, 9.17) is 10.6 Å². The van der Waals surface area contributed by atoms with E-state index in [0.717, 1.165) is 12.8 Å². The number of aryl methyl sites for hydroxylation is 2. The van der Waals surface area contributed by atoms with Crippen LogP contribution in [-0.2, 0) is 6.42 Å². The van der Waals surface area contributed by atoms with Gasteiger partial charge in [0.2, 0.25) is 5.88 Å². The quantitative estimate of drug-likeness (QED) is 0.649. The number of anilines is 1. The van der Waals surface area contributed by atoms with E-state index in [0.29, 0.717) is 28.8 Å². The molecule has 0 bridgehead atoms. The maximum atomic E-state index is 13.1. The molecule has 0 aliphatic carbocycles. The minimum atomic E-state index is -0.298. The Morgan fingerprint density at radius 3 is 2.75 bits per heavy atom. The fourth-order valence-electron chi connectivity index (χ4n) is 1.77. The van der Waals surface area contributed by atoms with Crippen molar-refractivity contribution in [3.63, 3.8) is 0 Å². The van der Waals surface area contributed by atoms with E-state index in [2.05, 4.69) is 15.4 Å². The molecule has 1 aromatic carbocycles. The van der Waals surface area contributed by atoms with Gasteiger partial charge in [-0.2, -0.15) is 4.98 Å². The molecule has 106 valence electrons. The Hall–Kier alpha value is -2.21. The molecule has 1 heterocycles. The van der Waals surface area contributed by atoms with Crippen molar-refractivity contribution in [2.45, 2.75) is 26.7 Å². The van der Waals surface area contributed by atoms with Gasteiger partial charge in [0.05, 0.1) is 0 Å². The maximum absolute atomic E-state index is 13.1. The van der Waals surface area contributed by atoms with Crippen molar-refractivity contribution in [1.82, 2.24) is 9.97 Å². The summed E-state index contributed by atoms with van der Waals surface area (Å²) in [5.74, 6) is 7.15. The van der Waals surface area contributed by atoms with Crippen molar-refractivity contribution >= 4 is 5.82 Å². The van der Waals surface area contributed by atoms with Crippen molar-refractivity contribution in [3.8, 4) is 11.6 Å². The second kappa shape index (κ2) is 6.29.